The number of carbonyl (C=O) groups is 1. The number of rotatable bonds is 6. The average Bonchev–Trinajstić information content (AvgIpc) is 2.53. The van der Waals surface area contributed by atoms with Crippen molar-refractivity contribution >= 4 is 5.97 Å². The zero-order valence-electron chi connectivity index (χ0n) is 9.23. The minimum Gasteiger partial charge on any atom is -0.481 e. The first-order valence-corrected chi connectivity index (χ1v) is 5.10. The molecule has 0 aliphatic heterocycles. The van der Waals surface area contributed by atoms with Crippen LogP contribution in [0.1, 0.15) is 19.0 Å². The van der Waals surface area contributed by atoms with Gasteiger partial charge in [-0.05, 0) is 25.1 Å². The lowest BCUT2D eigenvalue weighted by Gasteiger charge is -2.19. The van der Waals surface area contributed by atoms with Gasteiger partial charge >= 0.3 is 5.97 Å². The van der Waals surface area contributed by atoms with E-state index in [2.05, 4.69) is 9.88 Å². The molecule has 1 aromatic heterocycles. The first-order chi connectivity index (χ1) is 7.08. The van der Waals surface area contributed by atoms with E-state index in [1.54, 1.807) is 0 Å². The minimum absolute atomic E-state index is 0.183. The zero-order valence-corrected chi connectivity index (χ0v) is 9.23. The van der Waals surface area contributed by atoms with Gasteiger partial charge in [0.15, 0.2) is 0 Å². The van der Waals surface area contributed by atoms with E-state index >= 15 is 0 Å². The third-order valence-electron chi connectivity index (χ3n) is 2.25. The van der Waals surface area contributed by atoms with E-state index in [0.717, 1.165) is 18.8 Å². The van der Waals surface area contributed by atoms with Crippen molar-refractivity contribution in [2.75, 3.05) is 13.6 Å². The Labute approximate surface area is 89.9 Å². The Bertz CT molecular complexity index is 296. The maximum atomic E-state index is 10.5. The lowest BCUT2D eigenvalue weighted by atomic mass is 10.1. The molecule has 0 amide bonds. The number of carboxylic acids is 1. The number of hydrogen-bond acceptors (Lipinski definition) is 2. The van der Waals surface area contributed by atoms with Crippen molar-refractivity contribution in [3.8, 4) is 0 Å². The van der Waals surface area contributed by atoms with Crippen LogP contribution in [0.2, 0.25) is 0 Å². The summed E-state index contributed by atoms with van der Waals surface area (Å²) in [5.74, 6) is -0.543. The molecular weight excluding hydrogens is 192 g/mol. The fourth-order valence-corrected chi connectivity index (χ4v) is 1.72. The summed E-state index contributed by atoms with van der Waals surface area (Å²) in [7, 11) is 2.00. The topological polar surface area (TPSA) is 56.3 Å². The molecule has 0 radical (unpaired) electrons. The molecule has 0 spiro atoms. The van der Waals surface area contributed by atoms with Crippen molar-refractivity contribution < 1.29 is 9.90 Å². The molecule has 0 aliphatic rings. The number of nitrogens with one attached hydrogen (secondary N) is 1. The normalized spacial score (nSPS) is 13.0. The number of H-pyrrole nitrogens is 1. The Balaban J connectivity index is 2.29. The Hall–Kier alpha value is -1.29. The lowest BCUT2D eigenvalue weighted by Crippen LogP contribution is -2.25. The van der Waals surface area contributed by atoms with Crippen LogP contribution in [0.5, 0.6) is 0 Å². The van der Waals surface area contributed by atoms with E-state index in [9.17, 15) is 4.79 Å². The molecule has 2 N–H and O–H groups in total. The summed E-state index contributed by atoms with van der Waals surface area (Å²) in [6, 6.07) is 3.99. The van der Waals surface area contributed by atoms with Gasteiger partial charge in [-0.2, -0.15) is 0 Å². The van der Waals surface area contributed by atoms with Crippen LogP contribution in [0, 0.1) is 5.92 Å². The molecular formula is C11H18N2O2. The molecule has 1 unspecified atom stereocenters. The Morgan fingerprint density at radius 3 is 2.93 bits per heavy atom. The van der Waals surface area contributed by atoms with Crippen molar-refractivity contribution in [1.29, 1.82) is 0 Å². The maximum Gasteiger partial charge on any atom is 0.303 e. The van der Waals surface area contributed by atoms with Gasteiger partial charge in [0.1, 0.15) is 0 Å². The minimum atomic E-state index is -0.726. The van der Waals surface area contributed by atoms with Crippen LogP contribution in [-0.4, -0.2) is 34.6 Å². The van der Waals surface area contributed by atoms with Crippen LogP contribution in [0.25, 0.3) is 0 Å². The Kier molecular flexibility index (Phi) is 4.37. The number of carboxylic acid groups (broad SMARTS) is 1. The van der Waals surface area contributed by atoms with Gasteiger partial charge < -0.3 is 15.0 Å². The second-order valence-electron chi connectivity index (χ2n) is 4.10. The summed E-state index contributed by atoms with van der Waals surface area (Å²) in [6.45, 7) is 3.58. The van der Waals surface area contributed by atoms with Gasteiger partial charge in [-0.15, -0.1) is 0 Å². The van der Waals surface area contributed by atoms with Gasteiger partial charge in [-0.1, -0.05) is 6.92 Å². The van der Waals surface area contributed by atoms with E-state index < -0.39 is 5.97 Å². The predicted octanol–water partition coefficient (Wildman–Crippen LogP) is 1.56. The quantitative estimate of drug-likeness (QED) is 0.749. The molecule has 1 atom stereocenters. The second kappa shape index (κ2) is 5.56. The van der Waals surface area contributed by atoms with Crippen LogP contribution in [0.3, 0.4) is 0 Å². The summed E-state index contributed by atoms with van der Waals surface area (Å²) in [6.07, 6.45) is 2.12. The highest BCUT2D eigenvalue weighted by molar-refractivity contribution is 5.66. The molecule has 84 valence electrons. The smallest absolute Gasteiger partial charge is 0.303 e. The number of aromatic nitrogens is 1. The fraction of sp³-hybridized carbons (Fsp3) is 0.545. The highest BCUT2D eigenvalue weighted by Crippen LogP contribution is 2.06. The van der Waals surface area contributed by atoms with E-state index in [-0.39, 0.29) is 12.3 Å². The number of aromatic amines is 1. The first kappa shape index (κ1) is 11.8. The zero-order chi connectivity index (χ0) is 11.3. The van der Waals surface area contributed by atoms with Crippen molar-refractivity contribution in [3.63, 3.8) is 0 Å². The van der Waals surface area contributed by atoms with Crippen LogP contribution in [0.4, 0.5) is 0 Å². The Morgan fingerprint density at radius 1 is 1.67 bits per heavy atom. The van der Waals surface area contributed by atoms with Crippen LogP contribution in [-0.2, 0) is 11.3 Å². The summed E-state index contributed by atoms with van der Waals surface area (Å²) in [4.78, 5) is 15.7. The van der Waals surface area contributed by atoms with E-state index in [1.807, 2.05) is 32.3 Å². The molecule has 0 saturated heterocycles. The van der Waals surface area contributed by atoms with Gasteiger partial charge in [0.25, 0.3) is 0 Å². The highest BCUT2D eigenvalue weighted by Gasteiger charge is 2.10. The number of nitrogens with zero attached hydrogens (tertiary/aromatic N) is 1. The van der Waals surface area contributed by atoms with Gasteiger partial charge in [0, 0.05) is 31.4 Å². The predicted molar refractivity (Wildman–Crippen MR) is 58.5 cm³/mol. The largest absolute Gasteiger partial charge is 0.481 e. The Morgan fingerprint density at radius 2 is 2.40 bits per heavy atom. The van der Waals surface area contributed by atoms with Crippen LogP contribution >= 0.6 is 0 Å². The average molecular weight is 210 g/mol. The third-order valence-corrected chi connectivity index (χ3v) is 2.25. The number of aliphatic carboxylic acids is 1. The van der Waals surface area contributed by atoms with E-state index in [0.29, 0.717) is 0 Å². The molecule has 4 nitrogen and oxygen atoms in total. The molecule has 0 saturated carbocycles. The van der Waals surface area contributed by atoms with E-state index in [4.69, 9.17) is 5.11 Å². The third kappa shape index (κ3) is 4.65. The van der Waals surface area contributed by atoms with Crippen molar-refractivity contribution in [3.05, 3.63) is 24.0 Å². The molecule has 0 aliphatic carbocycles. The van der Waals surface area contributed by atoms with Crippen LogP contribution in [0.15, 0.2) is 18.3 Å². The molecule has 1 aromatic rings. The lowest BCUT2D eigenvalue weighted by molar-refractivity contribution is -0.138. The van der Waals surface area contributed by atoms with Crippen molar-refractivity contribution in [2.24, 2.45) is 5.92 Å². The fourth-order valence-electron chi connectivity index (χ4n) is 1.72. The first-order valence-electron chi connectivity index (χ1n) is 5.10. The van der Waals surface area contributed by atoms with Crippen LogP contribution < -0.4 is 0 Å². The molecule has 15 heavy (non-hydrogen) atoms. The molecule has 1 rings (SSSR count). The van der Waals surface area contributed by atoms with Crippen molar-refractivity contribution in [2.45, 2.75) is 19.9 Å². The molecule has 0 aromatic carbocycles. The SMILES string of the molecule is CC(CC(=O)O)CN(C)Cc1ccc[nH]1. The summed E-state index contributed by atoms with van der Waals surface area (Å²) >= 11 is 0. The molecule has 0 bridgehead atoms. The second-order valence-corrected chi connectivity index (χ2v) is 4.10. The molecule has 0 fully saturated rings. The molecule has 4 heteroatoms. The standard InChI is InChI=1S/C11H18N2O2/c1-9(6-11(14)15)7-13(2)8-10-4-3-5-12-10/h3-5,9,12H,6-8H2,1-2H3,(H,14,15). The summed E-state index contributed by atoms with van der Waals surface area (Å²) in [5, 5.41) is 8.63. The number of hydrogen-bond donors (Lipinski definition) is 2. The van der Waals surface area contributed by atoms with Gasteiger partial charge in [0.05, 0.1) is 0 Å². The highest BCUT2D eigenvalue weighted by atomic mass is 16.4. The summed E-state index contributed by atoms with van der Waals surface area (Å²) < 4.78 is 0. The van der Waals surface area contributed by atoms with Crippen molar-refractivity contribution in [1.82, 2.24) is 9.88 Å². The van der Waals surface area contributed by atoms with E-state index in [1.165, 1.54) is 0 Å². The van der Waals surface area contributed by atoms with Gasteiger partial charge in [-0.3, -0.25) is 4.79 Å². The monoisotopic (exact) mass is 210 g/mol. The van der Waals surface area contributed by atoms with Gasteiger partial charge in [-0.25, -0.2) is 0 Å². The van der Waals surface area contributed by atoms with Gasteiger partial charge in [0.2, 0.25) is 0 Å². The molecule has 1 heterocycles. The maximum absolute atomic E-state index is 10.5. The summed E-state index contributed by atoms with van der Waals surface area (Å²) in [5.41, 5.74) is 1.15.